The summed E-state index contributed by atoms with van der Waals surface area (Å²) in [5.74, 6) is 1.04. The lowest BCUT2D eigenvalue weighted by Gasteiger charge is -2.29. The molecule has 0 aromatic carbocycles. The molecule has 2 fully saturated rings. The third kappa shape index (κ3) is 1.94. The van der Waals surface area contributed by atoms with Gasteiger partial charge in [0.05, 0.1) is 11.9 Å². The molecule has 3 nitrogen and oxygen atoms in total. The van der Waals surface area contributed by atoms with Gasteiger partial charge in [-0.05, 0) is 32.6 Å². The van der Waals surface area contributed by atoms with E-state index in [1.807, 2.05) is 19.3 Å². The Kier molecular flexibility index (Phi) is 2.39. The lowest BCUT2D eigenvalue weighted by atomic mass is 10.0. The van der Waals surface area contributed by atoms with Crippen LogP contribution in [-0.2, 0) is 0 Å². The first-order chi connectivity index (χ1) is 7.83. The van der Waals surface area contributed by atoms with Crippen LogP contribution in [0.4, 0.5) is 5.82 Å². The van der Waals surface area contributed by atoms with Crippen molar-refractivity contribution in [3.63, 3.8) is 0 Å². The molecule has 84 valence electrons. The molecule has 1 aliphatic heterocycles. The Bertz CT molecular complexity index is 421. The second kappa shape index (κ2) is 3.89. The maximum Gasteiger partial charge on any atom is 0.147 e. The standard InChI is InChI=1S/C13H17N3/c1-10-8-14-9-13(15-10)16-6-4-12(5-7-16)11-2-3-11/h8-9H,2-7H2,1H3. The average molecular weight is 215 g/mol. The van der Waals surface area contributed by atoms with E-state index in [2.05, 4.69) is 14.9 Å². The van der Waals surface area contributed by atoms with E-state index in [0.717, 1.165) is 24.6 Å². The molecule has 1 saturated carbocycles. The molecule has 0 amide bonds. The molecule has 1 aliphatic carbocycles. The predicted molar refractivity (Wildman–Crippen MR) is 64.5 cm³/mol. The van der Waals surface area contributed by atoms with Gasteiger partial charge >= 0.3 is 0 Å². The molecule has 1 saturated heterocycles. The van der Waals surface area contributed by atoms with Crippen molar-refractivity contribution in [2.24, 2.45) is 0 Å². The van der Waals surface area contributed by atoms with Crippen molar-refractivity contribution in [3.8, 4) is 0 Å². The van der Waals surface area contributed by atoms with Crippen molar-refractivity contribution in [1.82, 2.24) is 9.97 Å². The number of anilines is 1. The van der Waals surface area contributed by atoms with Gasteiger partial charge in [-0.2, -0.15) is 0 Å². The van der Waals surface area contributed by atoms with Gasteiger partial charge in [-0.15, -0.1) is 0 Å². The monoisotopic (exact) mass is 215 g/mol. The molecule has 1 aromatic heterocycles. The molecule has 2 heterocycles. The zero-order chi connectivity index (χ0) is 11.0. The van der Waals surface area contributed by atoms with Crippen LogP contribution >= 0.6 is 0 Å². The molecule has 16 heavy (non-hydrogen) atoms. The van der Waals surface area contributed by atoms with E-state index in [1.165, 1.54) is 25.7 Å². The zero-order valence-electron chi connectivity index (χ0n) is 9.74. The summed E-state index contributed by atoms with van der Waals surface area (Å²) in [6.07, 6.45) is 8.86. The summed E-state index contributed by atoms with van der Waals surface area (Å²) in [6, 6.07) is 0. The van der Waals surface area contributed by atoms with Crippen LogP contribution in [0.15, 0.2) is 23.5 Å². The largest absolute Gasteiger partial charge is 0.355 e. The van der Waals surface area contributed by atoms with Crippen LogP contribution in [0, 0.1) is 6.92 Å². The van der Waals surface area contributed by atoms with E-state index in [0.29, 0.717) is 0 Å². The maximum absolute atomic E-state index is 4.53. The lowest BCUT2D eigenvalue weighted by Crippen LogP contribution is -2.31. The minimum absolute atomic E-state index is 1.00. The van der Waals surface area contributed by atoms with Gasteiger partial charge in [-0.1, -0.05) is 11.1 Å². The fraction of sp³-hybridized carbons (Fsp3) is 0.538. The van der Waals surface area contributed by atoms with Gasteiger partial charge in [0, 0.05) is 19.3 Å². The van der Waals surface area contributed by atoms with E-state index in [9.17, 15) is 0 Å². The molecule has 3 heteroatoms. The van der Waals surface area contributed by atoms with E-state index < -0.39 is 0 Å². The summed E-state index contributed by atoms with van der Waals surface area (Å²) in [7, 11) is 0. The predicted octanol–water partition coefficient (Wildman–Crippen LogP) is 2.48. The summed E-state index contributed by atoms with van der Waals surface area (Å²) >= 11 is 0. The molecule has 3 rings (SSSR count). The first-order valence-corrected chi connectivity index (χ1v) is 6.06. The van der Waals surface area contributed by atoms with Gasteiger partial charge in [-0.3, -0.25) is 4.98 Å². The van der Waals surface area contributed by atoms with Gasteiger partial charge in [0.1, 0.15) is 5.82 Å². The molecular formula is C13H17N3. The second-order valence-corrected chi connectivity index (χ2v) is 4.71. The number of aryl methyl sites for hydroxylation is 1. The highest BCUT2D eigenvalue weighted by atomic mass is 15.2. The smallest absolute Gasteiger partial charge is 0.147 e. The van der Waals surface area contributed by atoms with Crippen LogP contribution in [-0.4, -0.2) is 23.1 Å². The van der Waals surface area contributed by atoms with Crippen molar-refractivity contribution in [1.29, 1.82) is 0 Å². The summed E-state index contributed by atoms with van der Waals surface area (Å²) in [4.78, 5) is 11.1. The van der Waals surface area contributed by atoms with E-state index in [4.69, 9.17) is 0 Å². The highest BCUT2D eigenvalue weighted by molar-refractivity contribution is 5.39. The summed E-state index contributed by atoms with van der Waals surface area (Å²) in [5.41, 5.74) is 4.45. The third-order valence-electron chi connectivity index (χ3n) is 3.43. The zero-order valence-corrected chi connectivity index (χ0v) is 9.74. The second-order valence-electron chi connectivity index (χ2n) is 4.71. The molecule has 2 aliphatic rings. The summed E-state index contributed by atoms with van der Waals surface area (Å²) in [6.45, 7) is 4.21. The molecule has 0 radical (unpaired) electrons. The van der Waals surface area contributed by atoms with Crippen molar-refractivity contribution in [2.75, 3.05) is 18.0 Å². The van der Waals surface area contributed by atoms with E-state index in [1.54, 1.807) is 11.1 Å². The van der Waals surface area contributed by atoms with Crippen LogP contribution in [0.3, 0.4) is 0 Å². The molecular weight excluding hydrogens is 198 g/mol. The molecule has 0 N–H and O–H groups in total. The fourth-order valence-corrected chi connectivity index (χ4v) is 2.38. The molecule has 0 bridgehead atoms. The molecule has 0 spiro atoms. The molecule has 0 unspecified atom stereocenters. The molecule has 1 aromatic rings. The van der Waals surface area contributed by atoms with Crippen LogP contribution in [0.25, 0.3) is 0 Å². The maximum atomic E-state index is 4.53. The number of hydrogen-bond acceptors (Lipinski definition) is 3. The Morgan fingerprint density at radius 2 is 1.69 bits per heavy atom. The van der Waals surface area contributed by atoms with Gasteiger partial charge < -0.3 is 4.90 Å². The highest BCUT2D eigenvalue weighted by Gasteiger charge is 2.22. The number of aromatic nitrogens is 2. The fourth-order valence-electron chi connectivity index (χ4n) is 2.38. The topological polar surface area (TPSA) is 29.0 Å². The molecule has 0 atom stereocenters. The van der Waals surface area contributed by atoms with Gasteiger partial charge in [0.2, 0.25) is 0 Å². The van der Waals surface area contributed by atoms with E-state index >= 15 is 0 Å². The minimum atomic E-state index is 1.00. The van der Waals surface area contributed by atoms with Crippen LogP contribution in [0.1, 0.15) is 31.4 Å². The van der Waals surface area contributed by atoms with Crippen molar-refractivity contribution < 1.29 is 0 Å². The third-order valence-corrected chi connectivity index (χ3v) is 3.43. The van der Waals surface area contributed by atoms with Crippen LogP contribution < -0.4 is 4.90 Å². The van der Waals surface area contributed by atoms with Crippen LogP contribution in [0.2, 0.25) is 0 Å². The van der Waals surface area contributed by atoms with Gasteiger partial charge in [0.15, 0.2) is 0 Å². The van der Waals surface area contributed by atoms with Gasteiger partial charge in [-0.25, -0.2) is 4.98 Å². The number of piperidine rings is 1. The first kappa shape index (κ1) is 9.82. The Hall–Kier alpha value is -1.38. The van der Waals surface area contributed by atoms with Gasteiger partial charge in [0.25, 0.3) is 0 Å². The SMILES string of the molecule is Cc1cncc(N2CCC(=C3CC3)CC2)n1. The minimum Gasteiger partial charge on any atom is -0.355 e. The summed E-state index contributed by atoms with van der Waals surface area (Å²) in [5, 5.41) is 0. The number of nitrogens with zero attached hydrogens (tertiary/aromatic N) is 3. The Morgan fingerprint density at radius 3 is 2.31 bits per heavy atom. The lowest BCUT2D eigenvalue weighted by molar-refractivity contribution is 0.672. The van der Waals surface area contributed by atoms with Crippen LogP contribution in [0.5, 0.6) is 0 Å². The summed E-state index contributed by atoms with van der Waals surface area (Å²) < 4.78 is 0. The Balaban J connectivity index is 1.71. The number of allylic oxidation sites excluding steroid dienone is 1. The van der Waals surface area contributed by atoms with Crippen molar-refractivity contribution in [2.45, 2.75) is 32.6 Å². The first-order valence-electron chi connectivity index (χ1n) is 6.06. The van der Waals surface area contributed by atoms with Crippen molar-refractivity contribution in [3.05, 3.63) is 29.2 Å². The number of hydrogen-bond donors (Lipinski definition) is 0. The van der Waals surface area contributed by atoms with E-state index in [-0.39, 0.29) is 0 Å². The quantitative estimate of drug-likeness (QED) is 0.674. The normalized spacial score (nSPS) is 20.2. The Labute approximate surface area is 96.2 Å². The Morgan fingerprint density at radius 1 is 1.00 bits per heavy atom. The van der Waals surface area contributed by atoms with Crippen molar-refractivity contribution >= 4 is 5.82 Å². The average Bonchev–Trinajstić information content (AvgIpc) is 3.13. The highest BCUT2D eigenvalue weighted by Crippen LogP contribution is 2.36. The number of rotatable bonds is 1.